The molecule has 0 unspecified atom stereocenters. The lowest BCUT2D eigenvalue weighted by Crippen LogP contribution is -2.48. The Balaban J connectivity index is 1.32. The van der Waals surface area contributed by atoms with Gasteiger partial charge < -0.3 is 33.8 Å². The van der Waals surface area contributed by atoms with Crippen molar-refractivity contribution in [2.75, 3.05) is 72.0 Å². The molecule has 0 N–H and O–H groups in total. The van der Waals surface area contributed by atoms with Crippen LogP contribution >= 0.6 is 11.6 Å². The predicted octanol–water partition coefficient (Wildman–Crippen LogP) is 5.21. The van der Waals surface area contributed by atoms with Crippen molar-refractivity contribution >= 4 is 35.0 Å². The first kappa shape index (κ1) is 36.3. The lowest BCUT2D eigenvalue weighted by Gasteiger charge is -2.38. The van der Waals surface area contributed by atoms with Crippen molar-refractivity contribution in [1.82, 2.24) is 14.7 Å². The summed E-state index contributed by atoms with van der Waals surface area (Å²) in [5, 5.41) is 0.647. The maximum atomic E-state index is 13.8. The van der Waals surface area contributed by atoms with Gasteiger partial charge in [0.15, 0.2) is 11.5 Å². The molecule has 0 bridgehead atoms. The summed E-state index contributed by atoms with van der Waals surface area (Å²) in [4.78, 5) is 47.3. The van der Waals surface area contributed by atoms with Crippen LogP contribution in [0.4, 0.5) is 5.69 Å². The standard InChI is InChI=1S/C36H51ClN4O6/c1-7-40(34(43)23-27-21-32(45-4)35(47-6)33(22-27)46-5)29-13-17-38(18-14-29)15-8-16-41(30-10-9-25(2)31(37)24-30)36(44)28-11-19-39(20-12-28)26(3)42/h9-10,21-22,24,28-29H,7-8,11-20,23H2,1-6H3. The number of piperidine rings is 2. The number of nitrogens with zero attached hydrogens (tertiary/aromatic N) is 4. The molecule has 0 saturated carbocycles. The van der Waals surface area contributed by atoms with Gasteiger partial charge in [-0.05, 0) is 87.9 Å². The maximum Gasteiger partial charge on any atom is 0.230 e. The van der Waals surface area contributed by atoms with Gasteiger partial charge in [-0.15, -0.1) is 0 Å². The number of ether oxygens (including phenoxy) is 3. The van der Waals surface area contributed by atoms with Crippen LogP contribution in [0.1, 0.15) is 57.1 Å². The quantitative estimate of drug-likeness (QED) is 0.289. The molecule has 258 valence electrons. The summed E-state index contributed by atoms with van der Waals surface area (Å²) < 4.78 is 16.4. The van der Waals surface area contributed by atoms with Crippen LogP contribution in [0.15, 0.2) is 30.3 Å². The fourth-order valence-electron chi connectivity index (χ4n) is 6.84. The molecule has 0 aromatic heterocycles. The number of likely N-dealkylation sites (N-methyl/N-ethyl adjacent to an activating group) is 1. The fraction of sp³-hybridized carbons (Fsp3) is 0.583. The van der Waals surface area contributed by atoms with Gasteiger partial charge in [0, 0.05) is 68.9 Å². The van der Waals surface area contributed by atoms with Gasteiger partial charge in [0.25, 0.3) is 0 Å². The second-order valence-corrected chi connectivity index (χ2v) is 12.9. The summed E-state index contributed by atoms with van der Waals surface area (Å²) in [6.07, 6.45) is 4.24. The molecule has 4 rings (SSSR count). The van der Waals surface area contributed by atoms with Crippen LogP contribution in [-0.4, -0.2) is 106 Å². The Bertz CT molecular complexity index is 1360. The minimum Gasteiger partial charge on any atom is -0.493 e. The zero-order valence-corrected chi connectivity index (χ0v) is 29.6. The van der Waals surface area contributed by atoms with Gasteiger partial charge in [-0.1, -0.05) is 17.7 Å². The highest BCUT2D eigenvalue weighted by atomic mass is 35.5. The van der Waals surface area contributed by atoms with Crippen LogP contribution in [0, 0.1) is 12.8 Å². The Labute approximate surface area is 284 Å². The Morgan fingerprint density at radius 1 is 0.915 bits per heavy atom. The Morgan fingerprint density at radius 3 is 2.09 bits per heavy atom. The molecule has 2 saturated heterocycles. The highest BCUT2D eigenvalue weighted by molar-refractivity contribution is 6.31. The molecule has 2 heterocycles. The number of carbonyl (C=O) groups is 3. The molecule has 0 atom stereocenters. The van der Waals surface area contributed by atoms with E-state index in [0.29, 0.717) is 61.3 Å². The minimum atomic E-state index is -0.112. The smallest absolute Gasteiger partial charge is 0.230 e. The van der Waals surface area contributed by atoms with Crippen LogP contribution in [-0.2, 0) is 20.8 Å². The summed E-state index contributed by atoms with van der Waals surface area (Å²) in [5.74, 6) is 1.73. The van der Waals surface area contributed by atoms with Crippen molar-refractivity contribution in [2.24, 2.45) is 5.92 Å². The molecule has 2 aliphatic rings. The number of benzene rings is 2. The van der Waals surface area contributed by atoms with E-state index in [0.717, 1.165) is 55.7 Å². The molecular weight excluding hydrogens is 620 g/mol. The number of aryl methyl sites for hydroxylation is 1. The lowest BCUT2D eigenvalue weighted by molar-refractivity contribution is -0.133. The highest BCUT2D eigenvalue weighted by Gasteiger charge is 2.31. The normalized spacial score (nSPS) is 16.1. The molecule has 2 aromatic carbocycles. The first-order chi connectivity index (χ1) is 22.6. The third kappa shape index (κ3) is 9.11. The van der Waals surface area contributed by atoms with Gasteiger partial charge in [-0.25, -0.2) is 0 Å². The number of hydrogen-bond acceptors (Lipinski definition) is 7. The third-order valence-corrected chi connectivity index (χ3v) is 10.0. The average molecular weight is 671 g/mol. The SMILES string of the molecule is CCN(C(=O)Cc1cc(OC)c(OC)c(OC)c1)C1CCN(CCCN(C(=O)C2CCN(C(C)=O)CC2)c2ccc(C)c(Cl)c2)CC1. The summed E-state index contributed by atoms with van der Waals surface area (Å²) in [6.45, 7) is 10.7. The van der Waals surface area contributed by atoms with E-state index in [4.69, 9.17) is 25.8 Å². The third-order valence-electron chi connectivity index (χ3n) is 9.62. The van der Waals surface area contributed by atoms with Gasteiger partial charge in [0.2, 0.25) is 23.5 Å². The van der Waals surface area contributed by atoms with Crippen molar-refractivity contribution in [2.45, 2.75) is 65.3 Å². The molecule has 3 amide bonds. The highest BCUT2D eigenvalue weighted by Crippen LogP contribution is 2.38. The molecular formula is C36H51ClN4O6. The zero-order valence-electron chi connectivity index (χ0n) is 28.9. The predicted molar refractivity (Wildman–Crippen MR) is 185 cm³/mol. The van der Waals surface area contributed by atoms with Crippen molar-refractivity contribution in [1.29, 1.82) is 0 Å². The van der Waals surface area contributed by atoms with Gasteiger partial charge in [-0.3, -0.25) is 14.4 Å². The molecule has 2 aromatic rings. The number of halogens is 1. The number of carbonyl (C=O) groups excluding carboxylic acids is 3. The first-order valence-electron chi connectivity index (χ1n) is 16.7. The van der Waals surface area contributed by atoms with E-state index in [1.165, 1.54) is 0 Å². The van der Waals surface area contributed by atoms with Crippen LogP contribution in [0.5, 0.6) is 17.2 Å². The minimum absolute atomic E-state index is 0.0619. The van der Waals surface area contributed by atoms with Crippen molar-refractivity contribution in [3.8, 4) is 17.2 Å². The molecule has 47 heavy (non-hydrogen) atoms. The first-order valence-corrected chi connectivity index (χ1v) is 17.1. The van der Waals surface area contributed by atoms with Gasteiger partial charge in [0.1, 0.15) is 0 Å². The molecule has 0 spiro atoms. The molecule has 11 heteroatoms. The topological polar surface area (TPSA) is 91.9 Å². The molecule has 10 nitrogen and oxygen atoms in total. The Morgan fingerprint density at radius 2 is 1.55 bits per heavy atom. The maximum absolute atomic E-state index is 13.8. The molecule has 0 aliphatic carbocycles. The summed E-state index contributed by atoms with van der Waals surface area (Å²) in [5.41, 5.74) is 2.62. The van der Waals surface area contributed by atoms with Crippen LogP contribution in [0.25, 0.3) is 0 Å². The number of hydrogen-bond donors (Lipinski definition) is 0. The van der Waals surface area contributed by atoms with Crippen LogP contribution in [0.3, 0.4) is 0 Å². The van der Waals surface area contributed by atoms with Gasteiger partial charge >= 0.3 is 0 Å². The van der Waals surface area contributed by atoms with Crippen LogP contribution < -0.4 is 19.1 Å². The number of anilines is 1. The number of methoxy groups -OCH3 is 3. The molecule has 0 radical (unpaired) electrons. The van der Waals surface area contributed by atoms with E-state index in [2.05, 4.69) is 4.90 Å². The van der Waals surface area contributed by atoms with Crippen LogP contribution in [0.2, 0.25) is 5.02 Å². The van der Waals surface area contributed by atoms with E-state index in [1.54, 1.807) is 28.3 Å². The Kier molecular flexibility index (Phi) is 13.2. The molecule has 2 fully saturated rings. The largest absolute Gasteiger partial charge is 0.493 e. The van der Waals surface area contributed by atoms with E-state index in [9.17, 15) is 14.4 Å². The van der Waals surface area contributed by atoms with E-state index < -0.39 is 0 Å². The van der Waals surface area contributed by atoms with Gasteiger partial charge in [-0.2, -0.15) is 0 Å². The zero-order chi connectivity index (χ0) is 34.1. The second-order valence-electron chi connectivity index (χ2n) is 12.5. The second kappa shape index (κ2) is 17.1. The summed E-state index contributed by atoms with van der Waals surface area (Å²) in [6, 6.07) is 9.68. The monoisotopic (exact) mass is 670 g/mol. The Hall–Kier alpha value is -3.50. The summed E-state index contributed by atoms with van der Waals surface area (Å²) >= 11 is 6.48. The van der Waals surface area contributed by atoms with E-state index in [1.807, 2.05) is 58.9 Å². The summed E-state index contributed by atoms with van der Waals surface area (Å²) in [7, 11) is 4.71. The lowest BCUT2D eigenvalue weighted by atomic mass is 9.94. The fourth-order valence-corrected chi connectivity index (χ4v) is 7.01. The van der Waals surface area contributed by atoms with Crippen molar-refractivity contribution in [3.05, 3.63) is 46.5 Å². The van der Waals surface area contributed by atoms with Crippen molar-refractivity contribution in [3.63, 3.8) is 0 Å². The number of amides is 3. The van der Waals surface area contributed by atoms with E-state index in [-0.39, 0.29) is 36.1 Å². The number of likely N-dealkylation sites (tertiary alicyclic amines) is 2. The van der Waals surface area contributed by atoms with Gasteiger partial charge in [0.05, 0.1) is 27.8 Å². The van der Waals surface area contributed by atoms with E-state index >= 15 is 0 Å². The van der Waals surface area contributed by atoms with Crippen molar-refractivity contribution < 1.29 is 28.6 Å². The molecule has 2 aliphatic heterocycles. The number of rotatable bonds is 13. The average Bonchev–Trinajstić information content (AvgIpc) is 3.08.